The van der Waals surface area contributed by atoms with E-state index in [0.717, 1.165) is 45.1 Å². The molecule has 0 radical (unpaired) electrons. The summed E-state index contributed by atoms with van der Waals surface area (Å²) in [5.74, 6) is -0.635. The molecule has 1 saturated carbocycles. The summed E-state index contributed by atoms with van der Waals surface area (Å²) in [4.78, 5) is 11.9. The number of carbonyl (C=O) groups excluding carboxylic acids is 1. The Bertz CT molecular complexity index is 555. The fourth-order valence-corrected chi connectivity index (χ4v) is 3.21. The van der Waals surface area contributed by atoms with Crippen LogP contribution >= 0.6 is 0 Å². The molecule has 1 aromatic carbocycles. The monoisotopic (exact) mass is 336 g/mol. The first-order chi connectivity index (χ1) is 11.7. The van der Waals surface area contributed by atoms with E-state index in [4.69, 9.17) is 9.47 Å². The van der Waals surface area contributed by atoms with Crippen LogP contribution in [0.2, 0.25) is 0 Å². The van der Waals surface area contributed by atoms with Crippen molar-refractivity contribution in [2.24, 2.45) is 0 Å². The molecule has 1 aliphatic carbocycles. The Morgan fingerprint density at radius 3 is 2.79 bits per heavy atom. The van der Waals surface area contributed by atoms with E-state index in [-0.39, 0.29) is 30.5 Å². The molecule has 1 heterocycles. The molecular weight excluding hydrogens is 311 g/mol. The van der Waals surface area contributed by atoms with Crippen LogP contribution < -0.4 is 10.6 Å². The topological polar surface area (TPSA) is 59.6 Å². The van der Waals surface area contributed by atoms with Crippen LogP contribution in [0.25, 0.3) is 0 Å². The molecule has 6 heteroatoms. The van der Waals surface area contributed by atoms with Crippen LogP contribution in [0.15, 0.2) is 18.2 Å². The fourth-order valence-electron chi connectivity index (χ4n) is 3.21. The lowest BCUT2D eigenvalue weighted by Crippen LogP contribution is -2.22. The van der Waals surface area contributed by atoms with E-state index >= 15 is 0 Å². The second-order valence-electron chi connectivity index (χ2n) is 6.48. The summed E-state index contributed by atoms with van der Waals surface area (Å²) in [5.41, 5.74) is 0.862. The van der Waals surface area contributed by atoms with Crippen LogP contribution in [0.5, 0.6) is 0 Å². The number of hydrogen-bond acceptors (Lipinski definition) is 4. The molecule has 2 N–H and O–H groups in total. The Morgan fingerprint density at radius 2 is 2.08 bits per heavy atom. The third kappa shape index (κ3) is 4.92. The summed E-state index contributed by atoms with van der Waals surface area (Å²) < 4.78 is 25.2. The molecule has 1 aliphatic heterocycles. The Balaban J connectivity index is 1.45. The van der Waals surface area contributed by atoms with Crippen molar-refractivity contribution in [2.45, 2.75) is 50.7 Å². The van der Waals surface area contributed by atoms with Gasteiger partial charge in [-0.25, -0.2) is 4.39 Å². The highest BCUT2D eigenvalue weighted by Gasteiger charge is 2.17. The van der Waals surface area contributed by atoms with Gasteiger partial charge in [0.2, 0.25) is 5.91 Å². The van der Waals surface area contributed by atoms with Crippen LogP contribution in [-0.2, 0) is 14.3 Å². The van der Waals surface area contributed by atoms with E-state index in [1.54, 1.807) is 12.1 Å². The lowest BCUT2D eigenvalue weighted by molar-refractivity contribution is -0.122. The molecule has 2 aliphatic rings. The first kappa shape index (κ1) is 17.2. The first-order valence-corrected chi connectivity index (χ1v) is 8.77. The zero-order valence-electron chi connectivity index (χ0n) is 13.9. The largest absolute Gasteiger partial charge is 0.380 e. The molecule has 2 fully saturated rings. The quantitative estimate of drug-likeness (QED) is 0.802. The van der Waals surface area contributed by atoms with Gasteiger partial charge in [-0.05, 0) is 43.9 Å². The van der Waals surface area contributed by atoms with E-state index in [0.29, 0.717) is 17.9 Å². The van der Waals surface area contributed by atoms with Crippen molar-refractivity contribution in [3.05, 3.63) is 24.0 Å². The number of rotatable bonds is 7. The summed E-state index contributed by atoms with van der Waals surface area (Å²) in [5, 5.41) is 5.73. The standard InChI is InChI=1S/C18H25FN2O3/c19-16-10-13(21-18(22)12-24-14-4-1-2-5-14)7-8-17(16)20-11-15-6-3-9-23-15/h7-8,10,14-15,20H,1-6,9,11-12H2,(H,21,22)/t15-/m0/s1. The molecule has 24 heavy (non-hydrogen) atoms. The van der Waals surface area contributed by atoms with Gasteiger partial charge in [-0.2, -0.15) is 0 Å². The summed E-state index contributed by atoms with van der Waals surface area (Å²) in [6.07, 6.45) is 6.77. The normalized spacial score (nSPS) is 21.1. The van der Waals surface area contributed by atoms with Crippen molar-refractivity contribution in [3.63, 3.8) is 0 Å². The summed E-state index contributed by atoms with van der Waals surface area (Å²) in [6.45, 7) is 1.39. The maximum Gasteiger partial charge on any atom is 0.250 e. The smallest absolute Gasteiger partial charge is 0.250 e. The molecule has 132 valence electrons. The zero-order chi connectivity index (χ0) is 16.8. The lowest BCUT2D eigenvalue weighted by atomic mass is 10.2. The number of ether oxygens (including phenoxy) is 2. The van der Waals surface area contributed by atoms with Crippen LogP contribution in [0, 0.1) is 5.82 Å². The number of carbonyl (C=O) groups is 1. The summed E-state index contributed by atoms with van der Waals surface area (Å²) in [6, 6.07) is 4.65. The van der Waals surface area contributed by atoms with Crippen LogP contribution in [0.1, 0.15) is 38.5 Å². The van der Waals surface area contributed by atoms with Gasteiger partial charge in [-0.1, -0.05) is 12.8 Å². The second-order valence-corrected chi connectivity index (χ2v) is 6.48. The second kappa shape index (κ2) is 8.44. The van der Waals surface area contributed by atoms with Gasteiger partial charge in [0.05, 0.1) is 17.9 Å². The number of benzene rings is 1. The molecule has 1 amide bonds. The molecule has 0 unspecified atom stereocenters. The molecule has 1 saturated heterocycles. The number of amides is 1. The average molecular weight is 336 g/mol. The third-order valence-electron chi connectivity index (χ3n) is 4.55. The SMILES string of the molecule is O=C(COC1CCCC1)Nc1ccc(NC[C@@H]2CCCO2)c(F)c1. The molecule has 1 atom stereocenters. The highest BCUT2D eigenvalue weighted by atomic mass is 19.1. The maximum atomic E-state index is 14.1. The van der Waals surface area contributed by atoms with Crippen molar-refractivity contribution in [3.8, 4) is 0 Å². The lowest BCUT2D eigenvalue weighted by Gasteiger charge is -2.14. The van der Waals surface area contributed by atoms with Gasteiger partial charge < -0.3 is 20.1 Å². The van der Waals surface area contributed by atoms with Crippen molar-refractivity contribution in [1.82, 2.24) is 0 Å². The minimum atomic E-state index is -0.387. The predicted molar refractivity (Wildman–Crippen MR) is 90.7 cm³/mol. The first-order valence-electron chi connectivity index (χ1n) is 8.77. The Labute approximate surface area is 141 Å². The van der Waals surface area contributed by atoms with Gasteiger partial charge in [0.15, 0.2) is 0 Å². The van der Waals surface area contributed by atoms with Gasteiger partial charge in [-0.15, -0.1) is 0 Å². The maximum absolute atomic E-state index is 14.1. The molecule has 0 spiro atoms. The summed E-state index contributed by atoms with van der Waals surface area (Å²) >= 11 is 0. The van der Waals surface area contributed by atoms with Gasteiger partial charge >= 0.3 is 0 Å². The van der Waals surface area contributed by atoms with Crippen LogP contribution in [0.4, 0.5) is 15.8 Å². The zero-order valence-corrected chi connectivity index (χ0v) is 13.9. The van der Waals surface area contributed by atoms with Gasteiger partial charge in [0.25, 0.3) is 0 Å². The van der Waals surface area contributed by atoms with E-state index in [1.807, 2.05) is 0 Å². The van der Waals surface area contributed by atoms with E-state index in [1.165, 1.54) is 6.07 Å². The van der Waals surface area contributed by atoms with E-state index in [9.17, 15) is 9.18 Å². The minimum absolute atomic E-state index is 0.0192. The average Bonchev–Trinajstić information content (AvgIpc) is 3.26. The number of halogens is 1. The molecule has 5 nitrogen and oxygen atoms in total. The Kier molecular flexibility index (Phi) is 6.04. The summed E-state index contributed by atoms with van der Waals surface area (Å²) in [7, 11) is 0. The highest BCUT2D eigenvalue weighted by molar-refractivity contribution is 5.91. The molecule has 0 aromatic heterocycles. The predicted octanol–water partition coefficient (Wildman–Crippen LogP) is 3.31. The Hall–Kier alpha value is -1.66. The van der Waals surface area contributed by atoms with Crippen molar-refractivity contribution in [2.75, 3.05) is 30.4 Å². The molecule has 3 rings (SSSR count). The number of anilines is 2. The van der Waals surface area contributed by atoms with Crippen LogP contribution in [0.3, 0.4) is 0 Å². The van der Waals surface area contributed by atoms with Crippen molar-refractivity contribution >= 4 is 17.3 Å². The number of nitrogens with one attached hydrogen (secondary N) is 2. The van der Waals surface area contributed by atoms with Gasteiger partial charge in [0, 0.05) is 18.8 Å². The van der Waals surface area contributed by atoms with Crippen LogP contribution in [-0.4, -0.2) is 37.9 Å². The van der Waals surface area contributed by atoms with Crippen molar-refractivity contribution < 1.29 is 18.7 Å². The Morgan fingerprint density at radius 1 is 1.25 bits per heavy atom. The molecule has 1 aromatic rings. The van der Waals surface area contributed by atoms with Gasteiger partial charge in [-0.3, -0.25) is 4.79 Å². The van der Waals surface area contributed by atoms with E-state index < -0.39 is 0 Å². The fraction of sp³-hybridized carbons (Fsp3) is 0.611. The van der Waals surface area contributed by atoms with Crippen molar-refractivity contribution in [1.29, 1.82) is 0 Å². The molecular formula is C18H25FN2O3. The highest BCUT2D eigenvalue weighted by Crippen LogP contribution is 2.22. The molecule has 0 bridgehead atoms. The van der Waals surface area contributed by atoms with Gasteiger partial charge in [0.1, 0.15) is 12.4 Å². The third-order valence-corrected chi connectivity index (χ3v) is 4.55. The minimum Gasteiger partial charge on any atom is -0.380 e. The number of hydrogen-bond donors (Lipinski definition) is 2. The van der Waals surface area contributed by atoms with E-state index in [2.05, 4.69) is 10.6 Å².